The van der Waals surface area contributed by atoms with E-state index in [0.29, 0.717) is 34.6 Å². The molecule has 0 radical (unpaired) electrons. The fourth-order valence-electron chi connectivity index (χ4n) is 2.83. The van der Waals surface area contributed by atoms with E-state index < -0.39 is 0 Å². The first-order chi connectivity index (χ1) is 15.0. The SMILES string of the molecule is C=CCn1c(CSc2ccc(C)cc2)nnc1SC(CC)C(=O)Nc1ccccc1Cl. The van der Waals surface area contributed by atoms with Crippen molar-refractivity contribution in [3.63, 3.8) is 0 Å². The second kappa shape index (κ2) is 11.4. The Morgan fingerprint density at radius 1 is 1.23 bits per heavy atom. The summed E-state index contributed by atoms with van der Waals surface area (Å²) in [5.41, 5.74) is 1.84. The number of rotatable bonds is 10. The number of allylic oxidation sites excluding steroid dienone is 1. The van der Waals surface area contributed by atoms with Crippen LogP contribution in [0.15, 0.2) is 71.2 Å². The van der Waals surface area contributed by atoms with Crippen LogP contribution in [0.4, 0.5) is 5.69 Å². The molecule has 0 saturated heterocycles. The number of carbonyl (C=O) groups excluding carboxylic acids is 1. The lowest BCUT2D eigenvalue weighted by atomic mass is 10.2. The summed E-state index contributed by atoms with van der Waals surface area (Å²) in [7, 11) is 0. The van der Waals surface area contributed by atoms with Gasteiger partial charge in [0.15, 0.2) is 5.16 Å². The predicted octanol–water partition coefficient (Wildman–Crippen LogP) is 6.23. The minimum absolute atomic E-state index is 0.107. The van der Waals surface area contributed by atoms with Crippen LogP contribution in [0, 0.1) is 6.92 Å². The fourth-order valence-corrected chi connectivity index (χ4v) is 4.84. The third-order valence-electron chi connectivity index (χ3n) is 4.54. The van der Waals surface area contributed by atoms with E-state index in [1.165, 1.54) is 22.2 Å². The first kappa shape index (κ1) is 23.4. The van der Waals surface area contributed by atoms with Gasteiger partial charge in [-0.15, -0.1) is 28.5 Å². The molecule has 0 saturated carbocycles. The summed E-state index contributed by atoms with van der Waals surface area (Å²) < 4.78 is 2.02. The molecule has 0 spiro atoms. The molecule has 31 heavy (non-hydrogen) atoms. The maximum absolute atomic E-state index is 12.8. The monoisotopic (exact) mass is 472 g/mol. The first-order valence-corrected chi connectivity index (χ1v) is 12.2. The van der Waals surface area contributed by atoms with Crippen LogP contribution < -0.4 is 5.32 Å². The Bertz CT molecular complexity index is 1040. The Morgan fingerprint density at radius 3 is 2.65 bits per heavy atom. The molecule has 1 unspecified atom stereocenters. The lowest BCUT2D eigenvalue weighted by Gasteiger charge is -2.15. The van der Waals surface area contributed by atoms with Crippen molar-refractivity contribution in [2.24, 2.45) is 0 Å². The maximum atomic E-state index is 12.8. The molecule has 1 N–H and O–H groups in total. The Morgan fingerprint density at radius 2 is 1.97 bits per heavy atom. The molecule has 5 nitrogen and oxygen atoms in total. The minimum atomic E-state index is -0.318. The average Bonchev–Trinajstić information content (AvgIpc) is 3.14. The van der Waals surface area contributed by atoms with E-state index in [1.54, 1.807) is 23.9 Å². The van der Waals surface area contributed by atoms with E-state index in [0.717, 1.165) is 5.82 Å². The zero-order chi connectivity index (χ0) is 22.2. The van der Waals surface area contributed by atoms with Gasteiger partial charge in [0.2, 0.25) is 5.91 Å². The highest BCUT2D eigenvalue weighted by Gasteiger charge is 2.23. The molecule has 1 aromatic heterocycles. The largest absolute Gasteiger partial charge is 0.324 e. The summed E-state index contributed by atoms with van der Waals surface area (Å²) in [6, 6.07) is 15.6. The van der Waals surface area contributed by atoms with Crippen molar-refractivity contribution in [3.8, 4) is 0 Å². The zero-order valence-corrected chi connectivity index (χ0v) is 19.9. The van der Waals surface area contributed by atoms with E-state index in [2.05, 4.69) is 53.3 Å². The van der Waals surface area contributed by atoms with Crippen LogP contribution in [0.5, 0.6) is 0 Å². The first-order valence-electron chi connectivity index (χ1n) is 9.96. The van der Waals surface area contributed by atoms with Crippen molar-refractivity contribution in [1.82, 2.24) is 14.8 Å². The number of nitrogens with one attached hydrogen (secondary N) is 1. The normalized spacial score (nSPS) is 11.8. The summed E-state index contributed by atoms with van der Waals surface area (Å²) in [6.07, 6.45) is 2.47. The van der Waals surface area contributed by atoms with Crippen molar-refractivity contribution in [2.75, 3.05) is 5.32 Å². The summed E-state index contributed by atoms with van der Waals surface area (Å²) in [5, 5.41) is 12.6. The number of hydrogen-bond acceptors (Lipinski definition) is 5. The van der Waals surface area contributed by atoms with Crippen molar-refractivity contribution in [1.29, 1.82) is 0 Å². The standard InChI is InChI=1S/C23H25ClN4OS2/c1-4-14-28-21(15-30-17-12-10-16(3)11-13-17)26-27-23(28)31-20(5-2)22(29)25-19-9-7-6-8-18(19)24/h4,6-13,20H,1,5,14-15H2,2-3H3,(H,25,29). The van der Waals surface area contributed by atoms with Gasteiger partial charge in [0.25, 0.3) is 0 Å². The van der Waals surface area contributed by atoms with Crippen molar-refractivity contribution >= 4 is 46.7 Å². The van der Waals surface area contributed by atoms with E-state index in [4.69, 9.17) is 11.6 Å². The number of thioether (sulfide) groups is 2. The van der Waals surface area contributed by atoms with Gasteiger partial charge in [-0.05, 0) is 37.6 Å². The van der Waals surface area contributed by atoms with Crippen LogP contribution in [-0.2, 0) is 17.1 Å². The van der Waals surface area contributed by atoms with Crippen LogP contribution in [-0.4, -0.2) is 25.9 Å². The molecule has 1 atom stereocenters. The van der Waals surface area contributed by atoms with Gasteiger partial charge in [0.05, 0.1) is 21.7 Å². The molecule has 3 rings (SSSR count). The molecule has 1 heterocycles. The number of nitrogens with zero attached hydrogens (tertiary/aromatic N) is 3. The number of carbonyl (C=O) groups is 1. The molecule has 0 bridgehead atoms. The summed E-state index contributed by atoms with van der Waals surface area (Å²) in [6.45, 7) is 8.50. The molecular formula is C23H25ClN4OS2. The molecule has 0 aliphatic carbocycles. The van der Waals surface area contributed by atoms with E-state index >= 15 is 0 Å². The molecule has 0 fully saturated rings. The van der Waals surface area contributed by atoms with Crippen molar-refractivity contribution in [2.45, 2.75) is 47.9 Å². The molecule has 0 aliphatic rings. The van der Waals surface area contributed by atoms with Gasteiger partial charge in [-0.3, -0.25) is 4.79 Å². The Kier molecular flexibility index (Phi) is 8.63. The van der Waals surface area contributed by atoms with Gasteiger partial charge < -0.3 is 9.88 Å². The molecule has 3 aromatic rings. The fraction of sp³-hybridized carbons (Fsp3) is 0.261. The number of para-hydroxylation sites is 1. The third kappa shape index (κ3) is 6.38. The van der Waals surface area contributed by atoms with E-state index in [1.807, 2.05) is 29.7 Å². The summed E-state index contributed by atoms with van der Waals surface area (Å²) >= 11 is 9.30. The molecule has 0 aliphatic heterocycles. The van der Waals surface area contributed by atoms with Crippen molar-refractivity contribution in [3.05, 3.63) is 77.6 Å². The van der Waals surface area contributed by atoms with Crippen LogP contribution in [0.25, 0.3) is 0 Å². The number of halogens is 1. The number of amides is 1. The summed E-state index contributed by atoms with van der Waals surface area (Å²) in [4.78, 5) is 14.0. The van der Waals surface area contributed by atoms with Crippen molar-refractivity contribution < 1.29 is 4.79 Å². The second-order valence-corrected chi connectivity index (χ2v) is 9.51. The predicted molar refractivity (Wildman–Crippen MR) is 131 cm³/mol. The topological polar surface area (TPSA) is 59.8 Å². The lowest BCUT2D eigenvalue weighted by molar-refractivity contribution is -0.115. The van der Waals surface area contributed by atoms with Gasteiger partial charge in [0.1, 0.15) is 5.82 Å². The number of hydrogen-bond donors (Lipinski definition) is 1. The molecule has 2 aromatic carbocycles. The smallest absolute Gasteiger partial charge is 0.238 e. The van der Waals surface area contributed by atoms with Gasteiger partial charge in [-0.1, -0.05) is 66.2 Å². The highest BCUT2D eigenvalue weighted by atomic mass is 35.5. The van der Waals surface area contributed by atoms with Gasteiger partial charge in [-0.25, -0.2) is 0 Å². The number of benzene rings is 2. The highest BCUT2D eigenvalue weighted by molar-refractivity contribution is 8.00. The molecule has 162 valence electrons. The molecule has 8 heteroatoms. The second-order valence-electron chi connectivity index (χ2n) is 6.88. The Balaban J connectivity index is 1.71. The quantitative estimate of drug-likeness (QED) is 0.280. The maximum Gasteiger partial charge on any atom is 0.238 e. The van der Waals surface area contributed by atoms with Crippen LogP contribution in [0.1, 0.15) is 24.7 Å². The Labute approximate surface area is 196 Å². The highest BCUT2D eigenvalue weighted by Crippen LogP contribution is 2.29. The molecule has 1 amide bonds. The Hall–Kier alpha value is -2.22. The van der Waals surface area contributed by atoms with Gasteiger partial charge in [-0.2, -0.15) is 0 Å². The average molecular weight is 473 g/mol. The van der Waals surface area contributed by atoms with E-state index in [9.17, 15) is 4.79 Å². The zero-order valence-electron chi connectivity index (χ0n) is 17.5. The van der Waals surface area contributed by atoms with E-state index in [-0.39, 0.29) is 11.2 Å². The number of aromatic nitrogens is 3. The van der Waals surface area contributed by atoms with Crippen LogP contribution in [0.3, 0.4) is 0 Å². The molecular weight excluding hydrogens is 448 g/mol. The third-order valence-corrected chi connectivity index (χ3v) is 7.22. The number of anilines is 1. The minimum Gasteiger partial charge on any atom is -0.324 e. The summed E-state index contributed by atoms with van der Waals surface area (Å²) in [5.74, 6) is 1.44. The number of aryl methyl sites for hydroxylation is 1. The van der Waals surface area contributed by atoms with Gasteiger partial charge >= 0.3 is 0 Å². The van der Waals surface area contributed by atoms with Gasteiger partial charge in [0, 0.05) is 11.4 Å². The van der Waals surface area contributed by atoms with Crippen LogP contribution >= 0.6 is 35.1 Å². The van der Waals surface area contributed by atoms with Crippen LogP contribution in [0.2, 0.25) is 5.02 Å². The lowest BCUT2D eigenvalue weighted by Crippen LogP contribution is -2.25.